The molecule has 0 amide bonds. The Labute approximate surface area is 89.3 Å². The maximum Gasteiger partial charge on any atom is 0.116 e. The highest BCUT2D eigenvalue weighted by Gasteiger charge is 2.28. The minimum atomic E-state index is -0.613. The number of benzene rings is 1. The van der Waals surface area contributed by atoms with Gasteiger partial charge in [-0.2, -0.15) is 5.12 Å². The topological polar surface area (TPSA) is 15.3 Å². The van der Waals surface area contributed by atoms with Crippen molar-refractivity contribution in [2.75, 3.05) is 6.54 Å². The normalized spacial score (nSPS) is 19.9. The molecule has 1 aromatic carbocycles. The minimum absolute atomic E-state index is 0.613. The van der Waals surface area contributed by atoms with Gasteiger partial charge in [0.2, 0.25) is 0 Å². The van der Waals surface area contributed by atoms with E-state index in [1.54, 1.807) is 6.20 Å². The number of rotatable bonds is 1. The van der Waals surface area contributed by atoms with Crippen LogP contribution in [0.3, 0.4) is 0 Å². The van der Waals surface area contributed by atoms with E-state index in [0.29, 0.717) is 6.54 Å². The van der Waals surface area contributed by atoms with Crippen molar-refractivity contribution in [1.82, 2.24) is 10.4 Å². The Morgan fingerprint density at radius 1 is 1.27 bits per heavy atom. The van der Waals surface area contributed by atoms with Gasteiger partial charge in [-0.05, 0) is 25.0 Å². The summed E-state index contributed by atoms with van der Waals surface area (Å²) in [5.74, 6) is 0. The molecule has 15 heavy (non-hydrogen) atoms. The van der Waals surface area contributed by atoms with Crippen molar-refractivity contribution in [3.05, 3.63) is 42.1 Å². The number of nitrogens with zero attached hydrogens (tertiary/aromatic N) is 1. The first-order valence-electron chi connectivity index (χ1n) is 5.06. The lowest BCUT2D eigenvalue weighted by Gasteiger charge is -2.36. The fraction of sp³-hybridized carbons (Fsp3) is 0.333. The Morgan fingerprint density at radius 2 is 1.93 bits per heavy atom. The third-order valence-electron chi connectivity index (χ3n) is 2.66. The summed E-state index contributed by atoms with van der Waals surface area (Å²) in [7, 11) is 0. The van der Waals surface area contributed by atoms with Gasteiger partial charge < -0.3 is 0 Å². The summed E-state index contributed by atoms with van der Waals surface area (Å²) in [4.78, 5) is 0. The second-order valence-corrected chi connectivity index (χ2v) is 4.24. The van der Waals surface area contributed by atoms with Crippen LogP contribution in [0.5, 0.6) is 0 Å². The molecular formula is C12H15FN2. The van der Waals surface area contributed by atoms with E-state index >= 15 is 0 Å². The van der Waals surface area contributed by atoms with Gasteiger partial charge in [-0.1, -0.05) is 34.8 Å². The summed E-state index contributed by atoms with van der Waals surface area (Å²) < 4.78 is 13.6. The summed E-state index contributed by atoms with van der Waals surface area (Å²) in [5.41, 5.74) is 1.42. The van der Waals surface area contributed by atoms with Gasteiger partial charge in [-0.3, -0.25) is 5.32 Å². The molecule has 0 aliphatic carbocycles. The summed E-state index contributed by atoms with van der Waals surface area (Å²) >= 11 is 0. The summed E-state index contributed by atoms with van der Waals surface area (Å²) in [6, 6.07) is 9.84. The van der Waals surface area contributed by atoms with Crippen LogP contribution < -0.4 is 5.32 Å². The highest BCUT2D eigenvalue weighted by atomic mass is 19.2. The van der Waals surface area contributed by atoms with Crippen LogP contribution >= 0.6 is 0 Å². The van der Waals surface area contributed by atoms with Crippen molar-refractivity contribution in [2.24, 2.45) is 0 Å². The van der Waals surface area contributed by atoms with Crippen LogP contribution in [0.15, 0.2) is 36.5 Å². The van der Waals surface area contributed by atoms with Gasteiger partial charge in [-0.15, -0.1) is 0 Å². The summed E-state index contributed by atoms with van der Waals surface area (Å²) in [5, 5.41) is 3.86. The van der Waals surface area contributed by atoms with Gasteiger partial charge in [0.1, 0.15) is 5.66 Å². The Balaban J connectivity index is 2.27. The average Bonchev–Trinajstić information content (AvgIpc) is 2.23. The van der Waals surface area contributed by atoms with Gasteiger partial charge in [0.15, 0.2) is 0 Å². The minimum Gasteiger partial charge on any atom is -0.289 e. The molecule has 0 radical (unpaired) electrons. The van der Waals surface area contributed by atoms with Crippen molar-refractivity contribution < 1.29 is 4.48 Å². The maximum absolute atomic E-state index is 13.6. The standard InChI is InChI=1S/C12H15FN2/c1-12(2)14-8-11(9-15(12)13)10-6-4-3-5-7-10/h3-7,9,14H,8H2,1-2H3. The van der Waals surface area contributed by atoms with Crippen LogP contribution in [-0.2, 0) is 0 Å². The zero-order valence-corrected chi connectivity index (χ0v) is 9.00. The lowest BCUT2D eigenvalue weighted by Crippen LogP contribution is -2.52. The predicted octanol–water partition coefficient (Wildman–Crippen LogP) is 2.55. The molecule has 0 spiro atoms. The largest absolute Gasteiger partial charge is 0.289 e. The molecule has 0 saturated carbocycles. The molecule has 1 aromatic rings. The summed E-state index contributed by atoms with van der Waals surface area (Å²) in [6.45, 7) is 4.31. The highest BCUT2D eigenvalue weighted by molar-refractivity contribution is 5.67. The molecular weight excluding hydrogens is 191 g/mol. The van der Waals surface area contributed by atoms with Gasteiger partial charge in [0.25, 0.3) is 0 Å². The van der Waals surface area contributed by atoms with Crippen molar-refractivity contribution in [3.63, 3.8) is 0 Å². The molecule has 1 aliphatic heterocycles. The van der Waals surface area contributed by atoms with Crippen LogP contribution in [-0.4, -0.2) is 17.3 Å². The predicted molar refractivity (Wildman–Crippen MR) is 59.4 cm³/mol. The SMILES string of the molecule is CC1(C)NCC(c2ccccc2)=CN1F. The lowest BCUT2D eigenvalue weighted by atomic mass is 10.0. The molecule has 3 heteroatoms. The Morgan fingerprint density at radius 3 is 2.53 bits per heavy atom. The van der Waals surface area contributed by atoms with Crippen molar-refractivity contribution in [1.29, 1.82) is 0 Å². The van der Waals surface area contributed by atoms with Crippen LogP contribution in [0.2, 0.25) is 0 Å². The quantitative estimate of drug-likeness (QED) is 0.710. The fourth-order valence-electron chi connectivity index (χ4n) is 1.56. The fourth-order valence-corrected chi connectivity index (χ4v) is 1.56. The first kappa shape index (κ1) is 10.2. The van der Waals surface area contributed by atoms with Crippen molar-refractivity contribution >= 4 is 5.57 Å². The molecule has 1 N–H and O–H groups in total. The second-order valence-electron chi connectivity index (χ2n) is 4.24. The van der Waals surface area contributed by atoms with Gasteiger partial charge >= 0.3 is 0 Å². The molecule has 2 nitrogen and oxygen atoms in total. The number of hydrogen-bond acceptors (Lipinski definition) is 2. The maximum atomic E-state index is 13.6. The van der Waals surface area contributed by atoms with Gasteiger partial charge in [0.05, 0.1) is 0 Å². The van der Waals surface area contributed by atoms with Crippen LogP contribution in [0.25, 0.3) is 5.57 Å². The van der Waals surface area contributed by atoms with E-state index in [9.17, 15) is 4.48 Å². The number of nitrogens with one attached hydrogen (secondary N) is 1. The van der Waals surface area contributed by atoms with Crippen LogP contribution in [0.1, 0.15) is 19.4 Å². The first-order valence-corrected chi connectivity index (χ1v) is 5.06. The molecule has 0 atom stereocenters. The zero-order chi connectivity index (χ0) is 10.9. The van der Waals surface area contributed by atoms with Gasteiger partial charge in [-0.25, -0.2) is 0 Å². The Hall–Kier alpha value is -1.35. The lowest BCUT2D eigenvalue weighted by molar-refractivity contribution is -0.0381. The summed E-state index contributed by atoms with van der Waals surface area (Å²) in [6.07, 6.45) is 1.56. The van der Waals surface area contributed by atoms with E-state index in [-0.39, 0.29) is 0 Å². The smallest absolute Gasteiger partial charge is 0.116 e. The van der Waals surface area contributed by atoms with E-state index in [1.165, 1.54) is 0 Å². The third-order valence-corrected chi connectivity index (χ3v) is 2.66. The molecule has 0 bridgehead atoms. The first-order chi connectivity index (χ1) is 7.09. The third kappa shape index (κ3) is 2.02. The van der Waals surface area contributed by atoms with Crippen LogP contribution in [0, 0.1) is 0 Å². The highest BCUT2D eigenvalue weighted by Crippen LogP contribution is 2.24. The second kappa shape index (κ2) is 3.66. The average molecular weight is 206 g/mol. The van der Waals surface area contributed by atoms with E-state index in [0.717, 1.165) is 16.3 Å². The van der Waals surface area contributed by atoms with Crippen molar-refractivity contribution in [3.8, 4) is 0 Å². The molecule has 1 heterocycles. The zero-order valence-electron chi connectivity index (χ0n) is 9.00. The molecule has 80 valence electrons. The van der Waals surface area contributed by atoms with Crippen molar-refractivity contribution in [2.45, 2.75) is 19.5 Å². The van der Waals surface area contributed by atoms with E-state index in [2.05, 4.69) is 5.32 Å². The number of halogens is 1. The molecule has 0 saturated heterocycles. The molecule has 2 rings (SSSR count). The van der Waals surface area contributed by atoms with E-state index in [1.807, 2.05) is 44.2 Å². The number of hydrogen-bond donors (Lipinski definition) is 1. The van der Waals surface area contributed by atoms with E-state index < -0.39 is 5.66 Å². The Bertz CT molecular complexity index is 370. The molecule has 0 fully saturated rings. The molecule has 0 unspecified atom stereocenters. The molecule has 1 aliphatic rings. The van der Waals surface area contributed by atoms with Gasteiger partial charge in [0, 0.05) is 12.7 Å². The monoisotopic (exact) mass is 206 g/mol. The molecule has 0 aromatic heterocycles. The van der Waals surface area contributed by atoms with E-state index in [4.69, 9.17) is 0 Å². The Kier molecular flexibility index (Phi) is 2.49. The van der Waals surface area contributed by atoms with Crippen LogP contribution in [0.4, 0.5) is 4.48 Å².